The van der Waals surface area contributed by atoms with Crippen LogP contribution in [-0.4, -0.2) is 36.3 Å². The third kappa shape index (κ3) is 6.29. The standard InChI is InChI=1S/C23H24F4N2O2/c24-20-4-2-1-3-19(20)22(31)29-13-11-17(12-14-29)15-28-21(30)10-7-16-5-8-18(9-6-16)23(25,26)27/h1-6,8-9,17H,7,10-15H2,(H,28,30). The van der Waals surface area contributed by atoms with Gasteiger partial charge in [0, 0.05) is 26.1 Å². The predicted octanol–water partition coefficient (Wildman–Crippen LogP) is 4.45. The van der Waals surface area contributed by atoms with Crippen LogP contribution in [0.4, 0.5) is 17.6 Å². The number of benzene rings is 2. The fraction of sp³-hybridized carbons (Fsp3) is 0.391. The summed E-state index contributed by atoms with van der Waals surface area (Å²) in [6, 6.07) is 10.7. The number of carbonyl (C=O) groups is 2. The fourth-order valence-corrected chi connectivity index (χ4v) is 3.61. The molecule has 31 heavy (non-hydrogen) atoms. The third-order valence-corrected chi connectivity index (χ3v) is 5.52. The molecule has 2 aromatic carbocycles. The topological polar surface area (TPSA) is 49.4 Å². The van der Waals surface area contributed by atoms with Crippen LogP contribution >= 0.6 is 0 Å². The number of amides is 2. The number of halogens is 4. The van der Waals surface area contributed by atoms with E-state index in [2.05, 4.69) is 5.32 Å². The number of likely N-dealkylation sites (tertiary alicyclic amines) is 1. The zero-order valence-corrected chi connectivity index (χ0v) is 16.9. The first kappa shape index (κ1) is 22.8. The maximum atomic E-state index is 13.8. The van der Waals surface area contributed by atoms with Gasteiger partial charge in [-0.05, 0) is 55.0 Å². The summed E-state index contributed by atoms with van der Waals surface area (Å²) in [5, 5.41) is 2.86. The van der Waals surface area contributed by atoms with Gasteiger partial charge in [0.2, 0.25) is 5.91 Å². The summed E-state index contributed by atoms with van der Waals surface area (Å²) >= 11 is 0. The molecule has 1 aliphatic heterocycles. The second-order valence-electron chi connectivity index (χ2n) is 7.71. The van der Waals surface area contributed by atoms with Crippen molar-refractivity contribution in [3.8, 4) is 0 Å². The molecule has 0 aromatic heterocycles. The van der Waals surface area contributed by atoms with Crippen LogP contribution < -0.4 is 5.32 Å². The average molecular weight is 436 g/mol. The highest BCUT2D eigenvalue weighted by Crippen LogP contribution is 2.29. The molecule has 0 atom stereocenters. The minimum absolute atomic E-state index is 0.0671. The van der Waals surface area contributed by atoms with Crippen molar-refractivity contribution in [2.45, 2.75) is 31.9 Å². The lowest BCUT2D eigenvalue weighted by Gasteiger charge is -2.32. The molecule has 0 bridgehead atoms. The Morgan fingerprint density at radius 2 is 1.65 bits per heavy atom. The lowest BCUT2D eigenvalue weighted by molar-refractivity contribution is -0.137. The lowest BCUT2D eigenvalue weighted by Crippen LogP contribution is -2.41. The molecule has 0 aliphatic carbocycles. The quantitative estimate of drug-likeness (QED) is 0.681. The lowest BCUT2D eigenvalue weighted by atomic mass is 9.96. The second kappa shape index (κ2) is 9.94. The molecule has 0 spiro atoms. The van der Waals surface area contributed by atoms with E-state index in [1.807, 2.05) is 0 Å². The van der Waals surface area contributed by atoms with Crippen molar-refractivity contribution in [1.29, 1.82) is 0 Å². The Morgan fingerprint density at radius 3 is 2.26 bits per heavy atom. The van der Waals surface area contributed by atoms with Gasteiger partial charge in [0.25, 0.3) is 5.91 Å². The number of aryl methyl sites for hydroxylation is 1. The molecular formula is C23H24F4N2O2. The first-order valence-corrected chi connectivity index (χ1v) is 10.2. The molecule has 1 fully saturated rings. The number of nitrogens with zero attached hydrogens (tertiary/aromatic N) is 1. The second-order valence-corrected chi connectivity index (χ2v) is 7.71. The minimum Gasteiger partial charge on any atom is -0.356 e. The normalized spacial score (nSPS) is 15.0. The molecule has 1 saturated heterocycles. The van der Waals surface area contributed by atoms with E-state index in [0.717, 1.165) is 12.1 Å². The highest BCUT2D eigenvalue weighted by molar-refractivity contribution is 5.94. The Hall–Kier alpha value is -2.90. The van der Waals surface area contributed by atoms with E-state index in [1.165, 1.54) is 24.3 Å². The largest absolute Gasteiger partial charge is 0.416 e. The van der Waals surface area contributed by atoms with Gasteiger partial charge in [-0.1, -0.05) is 24.3 Å². The Labute approximate surface area is 178 Å². The van der Waals surface area contributed by atoms with E-state index in [4.69, 9.17) is 0 Å². The van der Waals surface area contributed by atoms with Crippen LogP contribution in [0, 0.1) is 11.7 Å². The molecule has 2 aromatic rings. The van der Waals surface area contributed by atoms with Crippen LogP contribution in [0.15, 0.2) is 48.5 Å². The summed E-state index contributed by atoms with van der Waals surface area (Å²) in [5.41, 5.74) is 0.0289. The number of rotatable bonds is 6. The molecule has 2 amide bonds. The van der Waals surface area contributed by atoms with Crippen molar-refractivity contribution >= 4 is 11.8 Å². The van der Waals surface area contributed by atoms with Crippen molar-refractivity contribution in [3.63, 3.8) is 0 Å². The average Bonchev–Trinajstić information content (AvgIpc) is 2.76. The van der Waals surface area contributed by atoms with Crippen molar-refractivity contribution in [3.05, 3.63) is 71.0 Å². The Morgan fingerprint density at radius 1 is 1.00 bits per heavy atom. The van der Waals surface area contributed by atoms with E-state index < -0.39 is 17.6 Å². The molecule has 1 N–H and O–H groups in total. The van der Waals surface area contributed by atoms with Crippen LogP contribution in [0.5, 0.6) is 0 Å². The maximum Gasteiger partial charge on any atom is 0.416 e. The van der Waals surface area contributed by atoms with Gasteiger partial charge >= 0.3 is 6.18 Å². The molecule has 0 unspecified atom stereocenters. The number of carbonyl (C=O) groups excluding carboxylic acids is 2. The van der Waals surface area contributed by atoms with Gasteiger partial charge in [-0.25, -0.2) is 4.39 Å². The zero-order chi connectivity index (χ0) is 22.4. The van der Waals surface area contributed by atoms with E-state index in [9.17, 15) is 27.2 Å². The van der Waals surface area contributed by atoms with Gasteiger partial charge in [0.15, 0.2) is 0 Å². The minimum atomic E-state index is -4.37. The van der Waals surface area contributed by atoms with Crippen molar-refractivity contribution < 1.29 is 27.2 Å². The molecule has 4 nitrogen and oxygen atoms in total. The summed E-state index contributed by atoms with van der Waals surface area (Å²) in [4.78, 5) is 26.2. The summed E-state index contributed by atoms with van der Waals surface area (Å²) in [7, 11) is 0. The first-order valence-electron chi connectivity index (χ1n) is 10.2. The van der Waals surface area contributed by atoms with Crippen LogP contribution in [0.3, 0.4) is 0 Å². The van der Waals surface area contributed by atoms with Gasteiger partial charge < -0.3 is 10.2 Å². The van der Waals surface area contributed by atoms with Crippen molar-refractivity contribution in [2.75, 3.05) is 19.6 Å². The van der Waals surface area contributed by atoms with Crippen LogP contribution in [-0.2, 0) is 17.4 Å². The number of nitrogens with one attached hydrogen (secondary N) is 1. The zero-order valence-electron chi connectivity index (χ0n) is 16.9. The Balaban J connectivity index is 1.38. The molecule has 0 saturated carbocycles. The van der Waals surface area contributed by atoms with E-state index in [0.29, 0.717) is 44.5 Å². The smallest absolute Gasteiger partial charge is 0.356 e. The fourth-order valence-electron chi connectivity index (χ4n) is 3.61. The van der Waals surface area contributed by atoms with Crippen LogP contribution in [0.2, 0.25) is 0 Å². The van der Waals surface area contributed by atoms with E-state index in [-0.39, 0.29) is 29.7 Å². The van der Waals surface area contributed by atoms with Crippen LogP contribution in [0.25, 0.3) is 0 Å². The van der Waals surface area contributed by atoms with Crippen LogP contribution in [0.1, 0.15) is 40.7 Å². The summed E-state index contributed by atoms with van der Waals surface area (Å²) < 4.78 is 51.5. The monoisotopic (exact) mass is 436 g/mol. The third-order valence-electron chi connectivity index (χ3n) is 5.52. The first-order chi connectivity index (χ1) is 14.7. The van der Waals surface area contributed by atoms with E-state index in [1.54, 1.807) is 17.0 Å². The SMILES string of the molecule is O=C(CCc1ccc(C(F)(F)F)cc1)NCC1CCN(C(=O)c2ccccc2F)CC1. The molecular weight excluding hydrogens is 412 g/mol. The van der Waals surface area contributed by atoms with Crippen molar-refractivity contribution in [2.24, 2.45) is 5.92 Å². The summed E-state index contributed by atoms with van der Waals surface area (Å²) in [6.07, 6.45) is -2.40. The van der Waals surface area contributed by atoms with Crippen molar-refractivity contribution in [1.82, 2.24) is 10.2 Å². The molecule has 8 heteroatoms. The maximum absolute atomic E-state index is 13.8. The molecule has 3 rings (SSSR count). The van der Waals surface area contributed by atoms with Gasteiger partial charge in [0.05, 0.1) is 11.1 Å². The van der Waals surface area contributed by atoms with E-state index >= 15 is 0 Å². The predicted molar refractivity (Wildman–Crippen MR) is 108 cm³/mol. The number of piperidine rings is 1. The Bertz CT molecular complexity index is 905. The van der Waals surface area contributed by atoms with Gasteiger partial charge in [-0.15, -0.1) is 0 Å². The molecule has 166 valence electrons. The number of alkyl halides is 3. The Kier molecular flexibility index (Phi) is 7.30. The number of hydrogen-bond donors (Lipinski definition) is 1. The summed E-state index contributed by atoms with van der Waals surface area (Å²) in [6.45, 7) is 1.48. The highest BCUT2D eigenvalue weighted by atomic mass is 19.4. The molecule has 1 heterocycles. The van der Waals surface area contributed by atoms with Gasteiger partial charge in [-0.2, -0.15) is 13.2 Å². The molecule has 1 aliphatic rings. The van der Waals surface area contributed by atoms with Gasteiger partial charge in [0.1, 0.15) is 5.82 Å². The number of hydrogen-bond acceptors (Lipinski definition) is 2. The van der Waals surface area contributed by atoms with Gasteiger partial charge in [-0.3, -0.25) is 9.59 Å². The molecule has 0 radical (unpaired) electrons. The highest BCUT2D eigenvalue weighted by Gasteiger charge is 2.30. The summed E-state index contributed by atoms with van der Waals surface area (Å²) in [5.74, 6) is -0.795.